The van der Waals surface area contributed by atoms with Crippen LogP contribution in [0.2, 0.25) is 0 Å². The third-order valence-corrected chi connectivity index (χ3v) is 3.22. The summed E-state index contributed by atoms with van der Waals surface area (Å²) in [7, 11) is 0. The van der Waals surface area contributed by atoms with Gasteiger partial charge in [0.25, 0.3) is 0 Å². The molecular formula is C14H17FN2O. The summed E-state index contributed by atoms with van der Waals surface area (Å²) >= 11 is 0. The third-order valence-electron chi connectivity index (χ3n) is 3.22. The highest BCUT2D eigenvalue weighted by Crippen LogP contribution is 2.24. The SMILES string of the molecule is CC1(CNCc2cc(F)cc(C#N)c2)CCCO1. The van der Waals surface area contributed by atoms with Crippen LogP contribution in [0.25, 0.3) is 0 Å². The first-order chi connectivity index (χ1) is 8.61. The second-order valence-corrected chi connectivity index (χ2v) is 4.97. The van der Waals surface area contributed by atoms with Gasteiger partial charge >= 0.3 is 0 Å². The fourth-order valence-corrected chi connectivity index (χ4v) is 2.26. The van der Waals surface area contributed by atoms with Gasteiger partial charge in [-0.1, -0.05) is 0 Å². The zero-order valence-corrected chi connectivity index (χ0v) is 10.5. The van der Waals surface area contributed by atoms with E-state index in [1.54, 1.807) is 6.07 Å². The summed E-state index contributed by atoms with van der Waals surface area (Å²) in [5, 5.41) is 12.0. The van der Waals surface area contributed by atoms with Crippen LogP contribution in [0.3, 0.4) is 0 Å². The normalized spacial score (nSPS) is 22.9. The summed E-state index contributed by atoms with van der Waals surface area (Å²) in [5.74, 6) is -0.367. The van der Waals surface area contributed by atoms with Crippen LogP contribution in [0, 0.1) is 17.1 Å². The summed E-state index contributed by atoms with van der Waals surface area (Å²) in [6.07, 6.45) is 2.14. The maximum absolute atomic E-state index is 13.2. The van der Waals surface area contributed by atoms with E-state index in [1.807, 2.05) is 6.07 Å². The van der Waals surface area contributed by atoms with Crippen LogP contribution in [0.1, 0.15) is 30.9 Å². The van der Waals surface area contributed by atoms with E-state index in [0.29, 0.717) is 12.1 Å². The molecule has 18 heavy (non-hydrogen) atoms. The van der Waals surface area contributed by atoms with Gasteiger partial charge in [0.15, 0.2) is 0 Å². The minimum Gasteiger partial charge on any atom is -0.374 e. The number of ether oxygens (including phenoxy) is 1. The lowest BCUT2D eigenvalue weighted by Gasteiger charge is -2.23. The Bertz CT molecular complexity index is 461. The van der Waals surface area contributed by atoms with E-state index in [0.717, 1.165) is 31.6 Å². The first kappa shape index (κ1) is 13.0. The Balaban J connectivity index is 1.90. The van der Waals surface area contributed by atoms with Crippen molar-refractivity contribution < 1.29 is 9.13 Å². The van der Waals surface area contributed by atoms with Crippen molar-refractivity contribution in [2.75, 3.05) is 13.2 Å². The summed E-state index contributed by atoms with van der Waals surface area (Å²) < 4.78 is 18.9. The fraction of sp³-hybridized carbons (Fsp3) is 0.500. The number of hydrogen-bond donors (Lipinski definition) is 1. The van der Waals surface area contributed by atoms with Crippen LogP contribution in [0.15, 0.2) is 18.2 Å². The predicted molar refractivity (Wildman–Crippen MR) is 66.4 cm³/mol. The molecule has 0 saturated carbocycles. The number of nitriles is 1. The lowest BCUT2D eigenvalue weighted by Crippen LogP contribution is -2.36. The second-order valence-electron chi connectivity index (χ2n) is 4.97. The lowest BCUT2D eigenvalue weighted by atomic mass is 10.0. The Hall–Kier alpha value is -1.44. The quantitative estimate of drug-likeness (QED) is 0.889. The number of nitrogens with zero attached hydrogens (tertiary/aromatic N) is 1. The van der Waals surface area contributed by atoms with Crippen molar-refractivity contribution in [2.24, 2.45) is 0 Å². The molecule has 3 nitrogen and oxygen atoms in total. The van der Waals surface area contributed by atoms with Crippen LogP contribution >= 0.6 is 0 Å². The predicted octanol–water partition coefficient (Wildman–Crippen LogP) is 2.36. The van der Waals surface area contributed by atoms with E-state index < -0.39 is 0 Å². The number of halogens is 1. The number of hydrogen-bond acceptors (Lipinski definition) is 3. The maximum atomic E-state index is 13.2. The van der Waals surface area contributed by atoms with Crippen LogP contribution in [0.5, 0.6) is 0 Å². The van der Waals surface area contributed by atoms with Gasteiger partial charge < -0.3 is 10.1 Å². The van der Waals surface area contributed by atoms with Crippen molar-refractivity contribution in [1.82, 2.24) is 5.32 Å². The molecule has 1 aliphatic heterocycles. The highest BCUT2D eigenvalue weighted by atomic mass is 19.1. The zero-order chi connectivity index (χ0) is 13.0. The Kier molecular flexibility index (Phi) is 3.95. The van der Waals surface area contributed by atoms with Gasteiger partial charge in [0.2, 0.25) is 0 Å². The second kappa shape index (κ2) is 5.47. The molecule has 0 amide bonds. The molecule has 0 radical (unpaired) electrons. The van der Waals surface area contributed by atoms with Crippen molar-refractivity contribution >= 4 is 0 Å². The minimum atomic E-state index is -0.367. The molecule has 1 heterocycles. The maximum Gasteiger partial charge on any atom is 0.124 e. The molecule has 0 bridgehead atoms. The molecule has 1 aromatic rings. The monoisotopic (exact) mass is 248 g/mol. The first-order valence-corrected chi connectivity index (χ1v) is 6.16. The molecule has 1 fully saturated rings. The Morgan fingerprint density at radius 3 is 3.00 bits per heavy atom. The highest BCUT2D eigenvalue weighted by molar-refractivity contribution is 5.33. The molecule has 1 saturated heterocycles. The van der Waals surface area contributed by atoms with Gasteiger partial charge in [-0.15, -0.1) is 0 Å². The van der Waals surface area contributed by atoms with Gasteiger partial charge in [-0.05, 0) is 43.5 Å². The summed E-state index contributed by atoms with van der Waals surface area (Å²) in [5.41, 5.74) is 1.04. The van der Waals surface area contributed by atoms with Crippen molar-refractivity contribution in [1.29, 1.82) is 5.26 Å². The molecule has 1 atom stereocenters. The van der Waals surface area contributed by atoms with Crippen molar-refractivity contribution in [3.8, 4) is 6.07 Å². The lowest BCUT2D eigenvalue weighted by molar-refractivity contribution is 0.0207. The van der Waals surface area contributed by atoms with Gasteiger partial charge in [-0.2, -0.15) is 5.26 Å². The van der Waals surface area contributed by atoms with Crippen LogP contribution in [-0.4, -0.2) is 18.8 Å². The topological polar surface area (TPSA) is 45.0 Å². The van der Waals surface area contributed by atoms with E-state index >= 15 is 0 Å². The summed E-state index contributed by atoms with van der Waals surface area (Å²) in [6, 6.07) is 6.35. The van der Waals surface area contributed by atoms with Gasteiger partial charge in [0.1, 0.15) is 5.82 Å². The molecule has 4 heteroatoms. The van der Waals surface area contributed by atoms with Gasteiger partial charge in [0, 0.05) is 19.7 Å². The van der Waals surface area contributed by atoms with E-state index in [1.165, 1.54) is 12.1 Å². The van der Waals surface area contributed by atoms with Crippen LogP contribution in [0.4, 0.5) is 4.39 Å². The minimum absolute atomic E-state index is 0.106. The van der Waals surface area contributed by atoms with Crippen molar-refractivity contribution in [3.05, 3.63) is 35.1 Å². The number of benzene rings is 1. The Morgan fingerprint density at radius 2 is 2.33 bits per heavy atom. The fourth-order valence-electron chi connectivity index (χ4n) is 2.26. The standard InChI is InChI=1S/C14H17FN2O/c1-14(3-2-4-18-14)10-17-9-12-5-11(8-16)6-13(15)7-12/h5-7,17H,2-4,9-10H2,1H3. The van der Waals surface area contributed by atoms with Gasteiger partial charge in [0.05, 0.1) is 17.2 Å². The summed E-state index contributed by atoms with van der Waals surface area (Å²) in [6.45, 7) is 4.19. The molecule has 0 spiro atoms. The summed E-state index contributed by atoms with van der Waals surface area (Å²) in [4.78, 5) is 0. The third kappa shape index (κ3) is 3.28. The smallest absolute Gasteiger partial charge is 0.124 e. The van der Waals surface area contributed by atoms with E-state index in [4.69, 9.17) is 10.00 Å². The largest absolute Gasteiger partial charge is 0.374 e. The highest BCUT2D eigenvalue weighted by Gasteiger charge is 2.28. The van der Waals surface area contributed by atoms with Gasteiger partial charge in [-0.25, -0.2) is 4.39 Å². The number of nitrogens with one attached hydrogen (secondary N) is 1. The van der Waals surface area contributed by atoms with E-state index in [2.05, 4.69) is 12.2 Å². The zero-order valence-electron chi connectivity index (χ0n) is 10.5. The van der Waals surface area contributed by atoms with E-state index in [-0.39, 0.29) is 11.4 Å². The average Bonchev–Trinajstić information content (AvgIpc) is 2.75. The van der Waals surface area contributed by atoms with Crippen molar-refractivity contribution in [3.63, 3.8) is 0 Å². The molecule has 1 aliphatic rings. The Labute approximate surface area is 107 Å². The van der Waals surface area contributed by atoms with E-state index in [9.17, 15) is 4.39 Å². The molecule has 0 aromatic heterocycles. The Morgan fingerprint density at radius 1 is 1.50 bits per heavy atom. The molecule has 96 valence electrons. The molecule has 1 aromatic carbocycles. The van der Waals surface area contributed by atoms with Gasteiger partial charge in [-0.3, -0.25) is 0 Å². The van der Waals surface area contributed by atoms with Crippen LogP contribution < -0.4 is 5.32 Å². The molecule has 2 rings (SSSR count). The average molecular weight is 248 g/mol. The first-order valence-electron chi connectivity index (χ1n) is 6.16. The molecule has 0 aliphatic carbocycles. The van der Waals surface area contributed by atoms with Crippen LogP contribution in [-0.2, 0) is 11.3 Å². The molecule has 1 unspecified atom stereocenters. The number of rotatable bonds is 4. The molecular weight excluding hydrogens is 231 g/mol. The van der Waals surface area contributed by atoms with Crippen molar-refractivity contribution in [2.45, 2.75) is 31.9 Å². The molecule has 1 N–H and O–H groups in total.